The highest BCUT2D eigenvalue weighted by atomic mass is 32.2. The molecule has 0 unspecified atom stereocenters. The van der Waals surface area contributed by atoms with Gasteiger partial charge in [-0.3, -0.25) is 15.0 Å². The lowest BCUT2D eigenvalue weighted by Crippen LogP contribution is -2.30. The molecule has 2 rings (SSSR count). The lowest BCUT2D eigenvalue weighted by Gasteiger charge is -2.10. The molecule has 0 aliphatic heterocycles. The number of aromatic nitrogens is 2. The summed E-state index contributed by atoms with van der Waals surface area (Å²) in [5.41, 5.74) is 4.10. The second-order valence-electron chi connectivity index (χ2n) is 5.34. The normalized spacial score (nSPS) is 11.1. The number of anilines is 1. The Morgan fingerprint density at radius 2 is 2.04 bits per heavy atom. The number of hydrogen-bond acceptors (Lipinski definition) is 7. The van der Waals surface area contributed by atoms with Gasteiger partial charge in [0.25, 0.3) is 0 Å². The highest BCUT2D eigenvalue weighted by Crippen LogP contribution is 2.30. The van der Waals surface area contributed by atoms with Crippen molar-refractivity contribution in [2.45, 2.75) is 17.6 Å². The average molecular weight is 416 g/mol. The molecule has 0 aliphatic rings. The fraction of sp³-hybridized carbons (Fsp3) is 0.267. The summed E-state index contributed by atoms with van der Waals surface area (Å²) in [5, 5.41) is 20.4. The zero-order valence-corrected chi connectivity index (χ0v) is 15.0. The van der Waals surface area contributed by atoms with Crippen molar-refractivity contribution in [1.82, 2.24) is 15.6 Å². The van der Waals surface area contributed by atoms with E-state index in [0.717, 1.165) is 23.9 Å². The number of alkyl halides is 3. The standard InChI is InChI=1S/C15H15F3N6O3S/c16-15(17,18)8-2-1-3-9(6-8)22-13(20)12-14(24-27-23-12)28-5-4-21-11(26)7-10(19)25/h1-3,6H,4-5,7H2,(H2,19,25)(H2,20,22)(H,21,26). The third-order valence-corrected chi connectivity index (χ3v) is 4.10. The lowest BCUT2D eigenvalue weighted by molar-refractivity contribution is -0.137. The Balaban J connectivity index is 1.93. The van der Waals surface area contributed by atoms with E-state index >= 15 is 0 Å². The molecule has 0 saturated heterocycles. The van der Waals surface area contributed by atoms with Crippen LogP contribution in [0.3, 0.4) is 0 Å². The van der Waals surface area contributed by atoms with Gasteiger partial charge in [0.1, 0.15) is 6.42 Å². The molecule has 0 fully saturated rings. The third-order valence-electron chi connectivity index (χ3n) is 3.15. The van der Waals surface area contributed by atoms with Crippen LogP contribution in [-0.2, 0) is 15.8 Å². The van der Waals surface area contributed by atoms with E-state index in [0.29, 0.717) is 5.75 Å². The van der Waals surface area contributed by atoms with Gasteiger partial charge < -0.3 is 16.4 Å². The molecule has 2 aromatic rings. The van der Waals surface area contributed by atoms with E-state index in [9.17, 15) is 22.8 Å². The fourth-order valence-electron chi connectivity index (χ4n) is 1.96. The molecule has 28 heavy (non-hydrogen) atoms. The average Bonchev–Trinajstić information content (AvgIpc) is 3.06. The van der Waals surface area contributed by atoms with Crippen molar-refractivity contribution >= 4 is 35.1 Å². The van der Waals surface area contributed by atoms with Gasteiger partial charge in [-0.1, -0.05) is 17.8 Å². The van der Waals surface area contributed by atoms with Crippen LogP contribution in [0.2, 0.25) is 0 Å². The van der Waals surface area contributed by atoms with Gasteiger partial charge in [0.15, 0.2) is 16.6 Å². The maximum atomic E-state index is 12.8. The maximum absolute atomic E-state index is 12.8. The van der Waals surface area contributed by atoms with Crippen LogP contribution in [0.4, 0.5) is 18.9 Å². The van der Waals surface area contributed by atoms with E-state index in [1.165, 1.54) is 12.1 Å². The first-order chi connectivity index (χ1) is 13.2. The first-order valence-corrected chi connectivity index (χ1v) is 8.69. The molecular weight excluding hydrogens is 401 g/mol. The number of hydrogen-bond donors (Lipinski definition) is 4. The van der Waals surface area contributed by atoms with Gasteiger partial charge in [-0.15, -0.1) is 0 Å². The van der Waals surface area contributed by atoms with Crippen LogP contribution < -0.4 is 16.4 Å². The maximum Gasteiger partial charge on any atom is 0.416 e. The number of primary amides is 1. The lowest BCUT2D eigenvalue weighted by atomic mass is 10.2. The number of carbonyl (C=O) groups excluding carboxylic acids is 2. The number of thioether (sulfide) groups is 1. The number of carbonyl (C=O) groups is 2. The topological polar surface area (TPSA) is 147 Å². The summed E-state index contributed by atoms with van der Waals surface area (Å²) >= 11 is 1.10. The third kappa shape index (κ3) is 6.26. The van der Waals surface area contributed by atoms with Gasteiger partial charge in [-0.2, -0.15) is 13.2 Å². The van der Waals surface area contributed by atoms with Crippen molar-refractivity contribution in [3.05, 3.63) is 35.5 Å². The van der Waals surface area contributed by atoms with E-state index in [1.54, 1.807) is 0 Å². The molecule has 150 valence electrons. The van der Waals surface area contributed by atoms with E-state index in [4.69, 9.17) is 11.1 Å². The zero-order valence-electron chi connectivity index (χ0n) is 14.2. The van der Waals surface area contributed by atoms with Gasteiger partial charge in [-0.25, -0.2) is 4.63 Å². The summed E-state index contributed by atoms with van der Waals surface area (Å²) < 4.78 is 42.9. The molecule has 2 amide bonds. The minimum absolute atomic E-state index is 0.00544. The number of nitrogens with zero attached hydrogens (tertiary/aromatic N) is 2. The predicted octanol–water partition coefficient (Wildman–Crippen LogP) is 1.61. The first-order valence-electron chi connectivity index (χ1n) is 7.70. The monoisotopic (exact) mass is 416 g/mol. The van der Waals surface area contributed by atoms with E-state index in [2.05, 4.69) is 25.6 Å². The Kier molecular flexibility index (Phi) is 6.98. The van der Waals surface area contributed by atoms with E-state index < -0.39 is 30.0 Å². The Morgan fingerprint density at radius 3 is 2.71 bits per heavy atom. The van der Waals surface area contributed by atoms with Gasteiger partial charge in [0.05, 0.1) is 5.56 Å². The summed E-state index contributed by atoms with van der Waals surface area (Å²) in [6.07, 6.45) is -4.93. The second kappa shape index (κ2) is 9.21. The minimum atomic E-state index is -4.50. The van der Waals surface area contributed by atoms with Crippen LogP contribution in [0.1, 0.15) is 17.7 Å². The van der Waals surface area contributed by atoms with Crippen molar-refractivity contribution in [2.75, 3.05) is 17.6 Å². The molecule has 5 N–H and O–H groups in total. The fourth-order valence-corrected chi connectivity index (χ4v) is 2.72. The molecule has 0 bridgehead atoms. The summed E-state index contributed by atoms with van der Waals surface area (Å²) in [4.78, 5) is 21.9. The van der Waals surface area contributed by atoms with Crippen LogP contribution >= 0.6 is 11.8 Å². The summed E-state index contributed by atoms with van der Waals surface area (Å²) in [7, 11) is 0. The van der Waals surface area contributed by atoms with Gasteiger partial charge in [0.2, 0.25) is 11.8 Å². The van der Waals surface area contributed by atoms with Crippen LogP contribution in [0.15, 0.2) is 33.9 Å². The highest BCUT2D eigenvalue weighted by Gasteiger charge is 2.30. The predicted molar refractivity (Wildman–Crippen MR) is 93.7 cm³/mol. The van der Waals surface area contributed by atoms with Gasteiger partial charge >= 0.3 is 6.18 Å². The number of nitrogens with one attached hydrogen (secondary N) is 3. The summed E-state index contributed by atoms with van der Waals surface area (Å²) in [6.45, 7) is 0.192. The summed E-state index contributed by atoms with van der Waals surface area (Å²) in [5.74, 6) is -1.25. The number of rotatable bonds is 8. The SMILES string of the molecule is N=C(Nc1cccc(C(F)(F)F)c1)c1nonc1SCCNC(=O)CC(N)=O. The van der Waals surface area contributed by atoms with Crippen LogP contribution in [-0.4, -0.2) is 40.3 Å². The molecule has 1 aromatic heterocycles. The van der Waals surface area contributed by atoms with Gasteiger partial charge in [-0.05, 0) is 28.5 Å². The molecule has 1 heterocycles. The number of amides is 2. The van der Waals surface area contributed by atoms with Crippen molar-refractivity contribution in [3.8, 4) is 0 Å². The first kappa shape index (κ1) is 21.2. The Morgan fingerprint density at radius 1 is 1.29 bits per heavy atom. The Hall–Kier alpha value is -3.09. The van der Waals surface area contributed by atoms with Crippen molar-refractivity contribution in [3.63, 3.8) is 0 Å². The van der Waals surface area contributed by atoms with Crippen molar-refractivity contribution in [1.29, 1.82) is 5.41 Å². The molecule has 0 aliphatic carbocycles. The van der Waals surface area contributed by atoms with Crippen LogP contribution in [0.5, 0.6) is 0 Å². The molecule has 0 atom stereocenters. The molecule has 0 radical (unpaired) electrons. The number of nitrogens with two attached hydrogens (primary N) is 1. The zero-order chi connectivity index (χ0) is 20.7. The van der Waals surface area contributed by atoms with E-state index in [1.807, 2.05) is 0 Å². The van der Waals surface area contributed by atoms with Gasteiger partial charge in [0, 0.05) is 18.0 Å². The van der Waals surface area contributed by atoms with E-state index in [-0.39, 0.29) is 28.8 Å². The molecular formula is C15H15F3N6O3S. The smallest absolute Gasteiger partial charge is 0.369 e. The highest BCUT2D eigenvalue weighted by molar-refractivity contribution is 7.99. The molecule has 9 nitrogen and oxygen atoms in total. The largest absolute Gasteiger partial charge is 0.416 e. The number of halogens is 3. The van der Waals surface area contributed by atoms with Crippen molar-refractivity contribution in [2.24, 2.45) is 5.73 Å². The molecule has 13 heteroatoms. The quantitative estimate of drug-likeness (QED) is 0.168. The number of benzene rings is 1. The molecule has 1 aromatic carbocycles. The minimum Gasteiger partial charge on any atom is -0.369 e. The van der Waals surface area contributed by atoms with Crippen LogP contribution in [0.25, 0.3) is 0 Å². The Labute approximate surface area is 160 Å². The second-order valence-corrected chi connectivity index (χ2v) is 6.42. The molecule has 0 saturated carbocycles. The van der Waals surface area contributed by atoms with Crippen molar-refractivity contribution < 1.29 is 27.4 Å². The summed E-state index contributed by atoms with van der Waals surface area (Å²) in [6, 6.07) is 4.37. The molecule has 0 spiro atoms. The van der Waals surface area contributed by atoms with Crippen LogP contribution in [0, 0.1) is 5.41 Å². The Bertz CT molecular complexity index is 871. The number of amidine groups is 1.